The topological polar surface area (TPSA) is 195 Å². The summed E-state index contributed by atoms with van der Waals surface area (Å²) < 4.78 is 46.2. The van der Waals surface area contributed by atoms with Crippen LogP contribution in [0.4, 0.5) is 5.69 Å². The fourth-order valence-electron chi connectivity index (χ4n) is 8.85. The summed E-state index contributed by atoms with van der Waals surface area (Å²) in [5.41, 5.74) is 8.86. The highest BCUT2D eigenvalue weighted by Gasteiger charge is 2.38. The maximum atomic E-state index is 14.5. The second-order valence-electron chi connectivity index (χ2n) is 16.5. The molecular weight excluding hydrogens is 803 g/mol. The Morgan fingerprint density at radius 3 is 2.41 bits per heavy atom. The van der Waals surface area contributed by atoms with E-state index in [0.29, 0.717) is 18.8 Å². The van der Waals surface area contributed by atoms with Crippen LogP contribution < -0.4 is 30.7 Å². The first-order chi connectivity index (χ1) is 29.0. The number of methoxy groups -OCH3 is 2. The van der Waals surface area contributed by atoms with E-state index in [1.807, 2.05) is 18.2 Å². The number of hydrogen-bond acceptors (Lipinski definition) is 9. The number of nitrogens with one attached hydrogen (secondary N) is 2. The fraction of sp³-hybridized carbons (Fsp3) is 0.489. The Balaban J connectivity index is 1.40. The number of rotatable bonds is 18. The van der Waals surface area contributed by atoms with E-state index in [1.54, 1.807) is 27.3 Å². The average molecular weight is 861 g/mol. The Hall–Kier alpha value is -5.16. The van der Waals surface area contributed by atoms with Gasteiger partial charge >= 0.3 is 5.97 Å². The van der Waals surface area contributed by atoms with Crippen LogP contribution in [0.1, 0.15) is 83.3 Å². The summed E-state index contributed by atoms with van der Waals surface area (Å²) in [5.74, 6) is -4.34. The van der Waals surface area contributed by atoms with Crippen molar-refractivity contribution >= 4 is 45.1 Å². The van der Waals surface area contributed by atoms with Crippen LogP contribution in [-0.2, 0) is 52.2 Å². The van der Waals surface area contributed by atoms with Gasteiger partial charge in [-0.15, -0.1) is 0 Å². The molecule has 16 heteroatoms. The second-order valence-corrected chi connectivity index (χ2v) is 18.0. The predicted octanol–water partition coefficient (Wildman–Crippen LogP) is 1.48. The summed E-state index contributed by atoms with van der Waals surface area (Å²) in [5, 5.41) is 15.8. The number of ether oxygens (including phenoxy) is 2. The van der Waals surface area contributed by atoms with E-state index in [1.165, 1.54) is 27.1 Å². The van der Waals surface area contributed by atoms with Crippen LogP contribution in [0.25, 0.3) is 5.57 Å². The number of amides is 3. The highest BCUT2D eigenvalue weighted by Crippen LogP contribution is 2.44. The molecule has 6 rings (SSSR count). The molecule has 0 fully saturated rings. The number of fused-ring (bicyclic) bond motifs is 4. The van der Waals surface area contributed by atoms with Crippen molar-refractivity contribution in [3.8, 4) is 0 Å². The first kappa shape index (κ1) is 45.4. The molecule has 3 aromatic rings. The first-order valence-corrected chi connectivity index (χ1v) is 22.4. The van der Waals surface area contributed by atoms with Crippen LogP contribution >= 0.6 is 0 Å². The third-order valence-corrected chi connectivity index (χ3v) is 12.8. The Bertz CT molecular complexity index is 2430. The molecule has 61 heavy (non-hydrogen) atoms. The maximum Gasteiger partial charge on any atom is 0.305 e. The summed E-state index contributed by atoms with van der Waals surface area (Å²) in [6.45, 7) is 8.83. The summed E-state index contributed by atoms with van der Waals surface area (Å²) in [7, 11) is 0.320. The van der Waals surface area contributed by atoms with Crippen LogP contribution in [0, 0.1) is 0 Å². The summed E-state index contributed by atoms with van der Waals surface area (Å²) in [4.78, 5) is 55.0. The molecule has 3 amide bonds. The minimum absolute atomic E-state index is 0.0800. The standard InChI is InChI=1S/C45H57N5O10S/c1-45(2)35-26-38-29(10-8-17-49(38)20-22-59-4)24-33(35)42(34-25-30-11-9-18-50(21-23-60-5)39(30)27-36(34)45)31-12-6-7-13-32(31)44(55)48(3)19-15-40(51)47-37(28-61(56,57)58)43(54)46-16-14-41(52)53/h6-7,12-13,24-27,37H,8-11,14-23,28H2,1-5H3,(H3-,46,47,51,52,53,54,56,57,58)/p+1/t37-/m0/s1. The third kappa shape index (κ3) is 10.3. The lowest BCUT2D eigenvalue weighted by atomic mass is 9.67. The van der Waals surface area contributed by atoms with Crippen molar-refractivity contribution in [1.82, 2.24) is 20.1 Å². The van der Waals surface area contributed by atoms with Crippen molar-refractivity contribution in [1.29, 1.82) is 0 Å². The zero-order valence-electron chi connectivity index (χ0n) is 35.7. The molecule has 3 aromatic carbocycles. The van der Waals surface area contributed by atoms with Gasteiger partial charge in [-0.3, -0.25) is 23.7 Å². The number of hydrogen-bond donors (Lipinski definition) is 4. The number of anilines is 1. The number of carboxylic acid groups (broad SMARTS) is 1. The number of carboxylic acids is 1. The number of benzene rings is 3. The van der Waals surface area contributed by atoms with Crippen molar-refractivity contribution < 1.29 is 46.7 Å². The quantitative estimate of drug-likeness (QED) is 0.107. The van der Waals surface area contributed by atoms with Crippen LogP contribution in [0.5, 0.6) is 0 Å². The van der Waals surface area contributed by atoms with Gasteiger partial charge < -0.3 is 35.0 Å². The van der Waals surface area contributed by atoms with Crippen LogP contribution in [0.2, 0.25) is 0 Å². The Labute approximate surface area is 357 Å². The molecule has 15 nitrogen and oxygen atoms in total. The van der Waals surface area contributed by atoms with E-state index >= 15 is 0 Å². The third-order valence-electron chi connectivity index (χ3n) is 12.0. The molecule has 0 radical (unpaired) electrons. The molecular formula is C45H58N5O10S+. The van der Waals surface area contributed by atoms with Crippen LogP contribution in [-0.4, -0.2) is 132 Å². The maximum absolute atomic E-state index is 14.5. The number of aliphatic carboxylic acids is 1. The van der Waals surface area contributed by atoms with Crippen molar-refractivity contribution in [2.45, 2.75) is 63.8 Å². The lowest BCUT2D eigenvalue weighted by Gasteiger charge is -2.39. The van der Waals surface area contributed by atoms with Gasteiger partial charge in [-0.05, 0) is 82.1 Å². The van der Waals surface area contributed by atoms with E-state index in [-0.39, 0.29) is 25.4 Å². The SMILES string of the molecule is COCCN1CCCc2cc3c(cc21)C(C)(C)c1cc2c(cc1=C3c1ccccc1C(=O)N(C)CCC(=O)N[C@@H](CS(=O)(=O)O)C(=O)NCCC(=O)O)CCC[N+]=2CCOC. The normalized spacial score (nSPS) is 15.8. The summed E-state index contributed by atoms with van der Waals surface area (Å²) in [6.07, 6.45) is 3.15. The molecule has 4 N–H and O–H groups in total. The highest BCUT2D eigenvalue weighted by atomic mass is 32.2. The van der Waals surface area contributed by atoms with Gasteiger partial charge in [0.2, 0.25) is 17.2 Å². The van der Waals surface area contributed by atoms with Gasteiger partial charge in [0.05, 0.1) is 13.0 Å². The van der Waals surface area contributed by atoms with E-state index in [9.17, 15) is 32.1 Å². The number of carbonyl (C=O) groups excluding carboxylic acids is 3. The summed E-state index contributed by atoms with van der Waals surface area (Å²) in [6, 6.07) is 15.2. The van der Waals surface area contributed by atoms with Gasteiger partial charge in [0.15, 0.2) is 6.54 Å². The molecule has 2 aliphatic heterocycles. The Kier molecular flexibility index (Phi) is 14.3. The minimum atomic E-state index is -4.70. The number of carbonyl (C=O) groups is 4. The zero-order valence-corrected chi connectivity index (χ0v) is 36.5. The molecule has 0 unspecified atom stereocenters. The molecule has 0 bridgehead atoms. The molecule has 0 spiro atoms. The fourth-order valence-corrected chi connectivity index (χ4v) is 9.51. The van der Waals surface area contributed by atoms with Gasteiger partial charge in [0.1, 0.15) is 24.9 Å². The molecule has 1 aliphatic carbocycles. The zero-order chi connectivity index (χ0) is 44.1. The lowest BCUT2D eigenvalue weighted by molar-refractivity contribution is -0.137. The smallest absolute Gasteiger partial charge is 0.305 e. The molecule has 3 aliphatic rings. The molecule has 1 atom stereocenters. The van der Waals surface area contributed by atoms with Crippen LogP contribution in [0.3, 0.4) is 0 Å². The largest absolute Gasteiger partial charge is 0.481 e. The molecule has 328 valence electrons. The molecule has 0 saturated carbocycles. The van der Waals surface area contributed by atoms with Gasteiger partial charge in [0, 0.05) is 88.6 Å². The van der Waals surface area contributed by atoms with Crippen molar-refractivity contribution in [2.24, 2.45) is 0 Å². The molecule has 2 heterocycles. The molecule has 0 saturated heterocycles. The van der Waals surface area contributed by atoms with Gasteiger partial charge in [0.25, 0.3) is 16.0 Å². The van der Waals surface area contributed by atoms with Gasteiger partial charge in [-0.2, -0.15) is 8.42 Å². The van der Waals surface area contributed by atoms with Crippen LogP contribution in [0.15, 0.2) is 48.5 Å². The highest BCUT2D eigenvalue weighted by molar-refractivity contribution is 7.85. The van der Waals surface area contributed by atoms with E-state index in [4.69, 9.17) is 14.6 Å². The second kappa shape index (κ2) is 19.3. The van der Waals surface area contributed by atoms with Crippen molar-refractivity contribution in [3.63, 3.8) is 0 Å². The van der Waals surface area contributed by atoms with Crippen molar-refractivity contribution in [2.75, 3.05) is 84.4 Å². The Morgan fingerprint density at radius 2 is 1.69 bits per heavy atom. The first-order valence-electron chi connectivity index (χ1n) is 20.8. The lowest BCUT2D eigenvalue weighted by Crippen LogP contribution is -2.51. The average Bonchev–Trinajstić information content (AvgIpc) is 3.22. The summed E-state index contributed by atoms with van der Waals surface area (Å²) >= 11 is 0. The van der Waals surface area contributed by atoms with E-state index in [2.05, 4.69) is 58.2 Å². The monoisotopic (exact) mass is 860 g/mol. The number of aryl methyl sites for hydroxylation is 2. The minimum Gasteiger partial charge on any atom is -0.481 e. The number of nitrogens with zero attached hydrogens (tertiary/aromatic N) is 3. The van der Waals surface area contributed by atoms with Gasteiger partial charge in [-0.1, -0.05) is 32.0 Å². The molecule has 0 aromatic heterocycles. The Morgan fingerprint density at radius 1 is 0.951 bits per heavy atom. The van der Waals surface area contributed by atoms with E-state index in [0.717, 1.165) is 84.9 Å². The van der Waals surface area contributed by atoms with Crippen molar-refractivity contribution in [3.05, 3.63) is 98.1 Å². The van der Waals surface area contributed by atoms with Gasteiger partial charge in [-0.25, -0.2) is 4.58 Å². The predicted molar refractivity (Wildman–Crippen MR) is 231 cm³/mol. The van der Waals surface area contributed by atoms with E-state index < -0.39 is 51.5 Å².